The fourth-order valence-electron chi connectivity index (χ4n) is 4.84. The van der Waals surface area contributed by atoms with Gasteiger partial charge in [-0.3, -0.25) is 4.90 Å². The van der Waals surface area contributed by atoms with Crippen molar-refractivity contribution in [1.82, 2.24) is 9.21 Å². The molecule has 2 aliphatic rings. The Morgan fingerprint density at radius 3 is 2.21 bits per heavy atom. The normalized spacial score (nSPS) is 26.9. The summed E-state index contributed by atoms with van der Waals surface area (Å²) in [5, 5.41) is 0. The maximum absolute atomic E-state index is 13.5. The summed E-state index contributed by atoms with van der Waals surface area (Å²) in [6.45, 7) is 5.13. The highest BCUT2D eigenvalue weighted by molar-refractivity contribution is 7.90. The van der Waals surface area contributed by atoms with Crippen LogP contribution in [-0.2, 0) is 19.9 Å². The van der Waals surface area contributed by atoms with E-state index in [-0.39, 0.29) is 30.4 Å². The van der Waals surface area contributed by atoms with Gasteiger partial charge in [0.25, 0.3) is 0 Å². The first-order chi connectivity index (χ1) is 13.6. The molecule has 6 nitrogen and oxygen atoms in total. The molecule has 0 radical (unpaired) electrons. The van der Waals surface area contributed by atoms with Gasteiger partial charge in [0.15, 0.2) is 0 Å². The first kappa shape index (κ1) is 22.7. The highest BCUT2D eigenvalue weighted by atomic mass is 32.2. The van der Waals surface area contributed by atoms with E-state index in [1.165, 1.54) is 6.26 Å². The maximum Gasteiger partial charge on any atom is 0.243 e. The van der Waals surface area contributed by atoms with Crippen LogP contribution in [0.2, 0.25) is 0 Å². The van der Waals surface area contributed by atoms with E-state index in [1.54, 1.807) is 16.4 Å². The third kappa shape index (κ3) is 5.21. The lowest BCUT2D eigenvalue weighted by molar-refractivity contribution is 0.00308. The van der Waals surface area contributed by atoms with Crippen LogP contribution in [0.5, 0.6) is 0 Å². The zero-order chi connectivity index (χ0) is 21.2. The van der Waals surface area contributed by atoms with Crippen LogP contribution in [0.1, 0.15) is 51.0 Å². The quantitative estimate of drug-likeness (QED) is 0.649. The zero-order valence-electron chi connectivity index (χ0n) is 17.7. The van der Waals surface area contributed by atoms with E-state index in [9.17, 15) is 16.8 Å². The standard InChI is InChI=1S/C21H34N2O4S2/c1-4-5-14-22-18(16-28(3,24)25)15-23(21-9-7-6-8-20(21)22)29(26,27)19-12-10-17(2)11-13-19/h10-13,18,20-21H,4-9,14-16H2,1-3H3/t18-,20-,21?/m0/s1. The lowest BCUT2D eigenvalue weighted by Gasteiger charge is -2.53. The van der Waals surface area contributed by atoms with Gasteiger partial charge in [0.2, 0.25) is 10.0 Å². The summed E-state index contributed by atoms with van der Waals surface area (Å²) in [6.07, 6.45) is 7.11. The van der Waals surface area contributed by atoms with Crippen LogP contribution in [-0.4, -0.2) is 69.3 Å². The predicted octanol–water partition coefficient (Wildman–Crippen LogP) is 2.83. The molecule has 0 N–H and O–H groups in total. The van der Waals surface area contributed by atoms with Gasteiger partial charge in [-0.25, -0.2) is 16.8 Å². The highest BCUT2D eigenvalue weighted by Crippen LogP contribution is 2.36. The Balaban J connectivity index is 1.99. The number of rotatable bonds is 7. The number of aryl methyl sites for hydroxylation is 1. The first-order valence-electron chi connectivity index (χ1n) is 10.7. The SMILES string of the molecule is CCCCN1[C@H](CS(C)(=O)=O)CN(S(=O)(=O)c2ccc(C)cc2)C2CCCC[C@@H]21. The molecule has 2 fully saturated rings. The van der Waals surface area contributed by atoms with E-state index < -0.39 is 19.9 Å². The number of hydrogen-bond acceptors (Lipinski definition) is 5. The Bertz CT molecular complexity index is 897. The summed E-state index contributed by atoms with van der Waals surface area (Å²) < 4.78 is 53.0. The van der Waals surface area contributed by atoms with Crippen LogP contribution < -0.4 is 0 Å². The van der Waals surface area contributed by atoms with Crippen LogP contribution in [0.4, 0.5) is 0 Å². The Labute approximate surface area is 176 Å². The molecule has 1 aromatic rings. The minimum atomic E-state index is -3.67. The van der Waals surface area contributed by atoms with E-state index >= 15 is 0 Å². The number of hydrogen-bond donors (Lipinski definition) is 0. The van der Waals surface area contributed by atoms with Crippen LogP contribution in [0.25, 0.3) is 0 Å². The number of benzene rings is 1. The number of piperazine rings is 1. The molecule has 1 saturated heterocycles. The maximum atomic E-state index is 13.5. The fraction of sp³-hybridized carbons (Fsp3) is 0.714. The molecule has 0 spiro atoms. The molecular weight excluding hydrogens is 408 g/mol. The second kappa shape index (κ2) is 9.04. The second-order valence-electron chi connectivity index (χ2n) is 8.64. The van der Waals surface area contributed by atoms with Gasteiger partial charge in [-0.1, -0.05) is 43.9 Å². The Hall–Kier alpha value is -0.960. The molecule has 8 heteroatoms. The molecule has 164 valence electrons. The Morgan fingerprint density at radius 2 is 1.62 bits per heavy atom. The van der Waals surface area contributed by atoms with Crippen LogP contribution in [0.15, 0.2) is 29.2 Å². The third-order valence-corrected chi connectivity index (χ3v) is 9.14. The second-order valence-corrected chi connectivity index (χ2v) is 12.7. The zero-order valence-corrected chi connectivity index (χ0v) is 19.4. The van der Waals surface area contributed by atoms with Crippen molar-refractivity contribution in [2.45, 2.75) is 75.4 Å². The summed E-state index contributed by atoms with van der Waals surface area (Å²) in [5.41, 5.74) is 1.01. The average molecular weight is 443 g/mol. The Kier molecular flexibility index (Phi) is 7.08. The smallest absolute Gasteiger partial charge is 0.243 e. The van der Waals surface area contributed by atoms with Crippen molar-refractivity contribution in [2.75, 3.05) is 25.1 Å². The molecule has 3 atom stereocenters. The number of sulfonamides is 1. The molecule has 1 aliphatic carbocycles. The van der Waals surface area contributed by atoms with Crippen molar-refractivity contribution in [3.63, 3.8) is 0 Å². The fourth-order valence-corrected chi connectivity index (χ4v) is 7.56. The molecule has 1 unspecified atom stereocenters. The molecular formula is C21H34N2O4S2. The lowest BCUT2D eigenvalue weighted by Crippen LogP contribution is -2.67. The van der Waals surface area contributed by atoms with Crippen molar-refractivity contribution in [1.29, 1.82) is 0 Å². The van der Waals surface area contributed by atoms with Gasteiger partial charge >= 0.3 is 0 Å². The summed E-state index contributed by atoms with van der Waals surface area (Å²) in [6, 6.07) is 6.68. The molecule has 0 aromatic heterocycles. The number of fused-ring (bicyclic) bond motifs is 1. The topological polar surface area (TPSA) is 74.8 Å². The highest BCUT2D eigenvalue weighted by Gasteiger charge is 2.47. The van der Waals surface area contributed by atoms with E-state index in [0.717, 1.165) is 50.6 Å². The van der Waals surface area contributed by atoms with Gasteiger partial charge in [0.1, 0.15) is 9.84 Å². The monoisotopic (exact) mass is 442 g/mol. The van der Waals surface area contributed by atoms with E-state index in [4.69, 9.17) is 0 Å². The average Bonchev–Trinajstić information content (AvgIpc) is 2.65. The molecule has 0 bridgehead atoms. The van der Waals surface area contributed by atoms with Crippen molar-refractivity contribution in [2.24, 2.45) is 0 Å². The summed E-state index contributed by atoms with van der Waals surface area (Å²) in [7, 11) is -6.89. The van der Waals surface area contributed by atoms with Gasteiger partial charge < -0.3 is 0 Å². The summed E-state index contributed by atoms with van der Waals surface area (Å²) in [4.78, 5) is 2.61. The first-order valence-corrected chi connectivity index (χ1v) is 14.2. The van der Waals surface area contributed by atoms with E-state index in [2.05, 4.69) is 11.8 Å². The van der Waals surface area contributed by atoms with E-state index in [0.29, 0.717) is 4.90 Å². The van der Waals surface area contributed by atoms with Crippen LogP contribution in [0, 0.1) is 6.92 Å². The molecule has 1 heterocycles. The van der Waals surface area contributed by atoms with Gasteiger partial charge in [0.05, 0.1) is 10.6 Å². The molecule has 0 amide bonds. The summed E-state index contributed by atoms with van der Waals surface area (Å²) >= 11 is 0. The number of unbranched alkanes of at least 4 members (excludes halogenated alkanes) is 1. The van der Waals surface area contributed by atoms with Gasteiger partial charge in [-0.05, 0) is 44.9 Å². The van der Waals surface area contributed by atoms with Crippen molar-refractivity contribution in [3.8, 4) is 0 Å². The largest absolute Gasteiger partial charge is 0.294 e. The Morgan fingerprint density at radius 1 is 1.00 bits per heavy atom. The van der Waals surface area contributed by atoms with Gasteiger partial charge in [-0.2, -0.15) is 4.31 Å². The number of nitrogens with zero attached hydrogens (tertiary/aromatic N) is 2. The van der Waals surface area contributed by atoms with Crippen molar-refractivity contribution >= 4 is 19.9 Å². The lowest BCUT2D eigenvalue weighted by atomic mass is 9.86. The van der Waals surface area contributed by atoms with Crippen molar-refractivity contribution < 1.29 is 16.8 Å². The minimum Gasteiger partial charge on any atom is -0.294 e. The summed E-state index contributed by atoms with van der Waals surface area (Å²) in [5.74, 6) is -0.000147. The molecule has 29 heavy (non-hydrogen) atoms. The van der Waals surface area contributed by atoms with Crippen LogP contribution in [0.3, 0.4) is 0 Å². The van der Waals surface area contributed by atoms with E-state index in [1.807, 2.05) is 19.1 Å². The molecule has 1 aliphatic heterocycles. The van der Waals surface area contributed by atoms with Crippen molar-refractivity contribution in [3.05, 3.63) is 29.8 Å². The minimum absolute atomic E-state index is 0.000147. The molecule has 3 rings (SSSR count). The van der Waals surface area contributed by atoms with Gasteiger partial charge in [-0.15, -0.1) is 0 Å². The predicted molar refractivity (Wildman–Crippen MR) is 116 cm³/mol. The van der Waals surface area contributed by atoms with Crippen LogP contribution >= 0.6 is 0 Å². The third-order valence-electron chi connectivity index (χ3n) is 6.24. The van der Waals surface area contributed by atoms with Gasteiger partial charge in [0, 0.05) is 30.9 Å². The molecule has 1 aromatic carbocycles. The molecule has 1 saturated carbocycles. The number of sulfone groups is 1.